The molecule has 21 heavy (non-hydrogen) atoms. The average molecular weight is 300 g/mol. The molecule has 0 aromatic carbocycles. The number of hydrogen-bond acceptors (Lipinski definition) is 5. The number of thiophene rings is 1. The Bertz CT molecular complexity index is 744. The number of aromatic amines is 1. The molecule has 0 bridgehead atoms. The van der Waals surface area contributed by atoms with Crippen molar-refractivity contribution in [3.8, 4) is 11.9 Å². The van der Waals surface area contributed by atoms with Gasteiger partial charge in [-0.25, -0.2) is 0 Å². The highest BCUT2D eigenvalue weighted by Gasteiger charge is 2.38. The van der Waals surface area contributed by atoms with Gasteiger partial charge < -0.3 is 10.5 Å². The lowest BCUT2D eigenvalue weighted by atomic mass is 9.84. The first-order valence-electron chi connectivity index (χ1n) is 6.63. The molecule has 0 fully saturated rings. The van der Waals surface area contributed by atoms with Gasteiger partial charge in [0.05, 0.1) is 17.2 Å². The van der Waals surface area contributed by atoms with E-state index >= 15 is 0 Å². The first kappa shape index (κ1) is 13.7. The van der Waals surface area contributed by atoms with Crippen molar-refractivity contribution in [2.24, 2.45) is 11.1 Å². The molecular weight excluding hydrogens is 284 g/mol. The Morgan fingerprint density at radius 3 is 2.81 bits per heavy atom. The SMILES string of the molecule is CC(C)(C)C1=C(N)C(c2cccs2)c2c(n[nH]c2C#N)O1. The second kappa shape index (κ2) is 4.64. The minimum atomic E-state index is -0.233. The second-order valence-electron chi connectivity index (χ2n) is 6.01. The summed E-state index contributed by atoms with van der Waals surface area (Å²) < 4.78 is 5.89. The molecule has 6 heteroatoms. The quantitative estimate of drug-likeness (QED) is 0.847. The molecule has 3 N–H and O–H groups in total. The van der Waals surface area contributed by atoms with Crippen LogP contribution in [0.2, 0.25) is 0 Å². The van der Waals surface area contributed by atoms with E-state index in [2.05, 4.69) is 16.3 Å². The normalized spacial score (nSPS) is 18.1. The van der Waals surface area contributed by atoms with Crippen LogP contribution in [0.5, 0.6) is 5.88 Å². The Balaban J connectivity index is 2.25. The van der Waals surface area contributed by atoms with Crippen molar-refractivity contribution in [2.75, 3.05) is 0 Å². The van der Waals surface area contributed by atoms with Crippen LogP contribution in [-0.2, 0) is 0 Å². The monoisotopic (exact) mass is 300 g/mol. The van der Waals surface area contributed by atoms with Gasteiger partial charge in [0, 0.05) is 10.3 Å². The summed E-state index contributed by atoms with van der Waals surface area (Å²) >= 11 is 1.61. The fourth-order valence-corrected chi connectivity index (χ4v) is 3.40. The number of nitrogens with two attached hydrogens (primary N) is 1. The zero-order valence-electron chi connectivity index (χ0n) is 12.1. The van der Waals surface area contributed by atoms with Crippen LogP contribution in [0.1, 0.15) is 42.8 Å². The lowest BCUT2D eigenvalue weighted by Crippen LogP contribution is -2.28. The molecule has 0 saturated heterocycles. The minimum absolute atomic E-state index is 0.184. The van der Waals surface area contributed by atoms with Gasteiger partial charge in [0.25, 0.3) is 0 Å². The molecule has 0 spiro atoms. The van der Waals surface area contributed by atoms with Crippen molar-refractivity contribution in [3.63, 3.8) is 0 Å². The van der Waals surface area contributed by atoms with E-state index in [0.29, 0.717) is 23.0 Å². The molecule has 0 amide bonds. The highest BCUT2D eigenvalue weighted by atomic mass is 32.1. The lowest BCUT2D eigenvalue weighted by molar-refractivity contribution is 0.266. The van der Waals surface area contributed by atoms with E-state index in [9.17, 15) is 5.26 Å². The van der Waals surface area contributed by atoms with Crippen molar-refractivity contribution in [3.05, 3.63) is 45.1 Å². The summed E-state index contributed by atoms with van der Waals surface area (Å²) in [5.41, 5.74) is 7.95. The number of aromatic nitrogens is 2. The fraction of sp³-hybridized carbons (Fsp3) is 0.333. The van der Waals surface area contributed by atoms with Crippen LogP contribution >= 0.6 is 11.3 Å². The number of ether oxygens (including phenoxy) is 1. The molecule has 1 atom stereocenters. The summed E-state index contributed by atoms with van der Waals surface area (Å²) in [7, 11) is 0. The fourth-order valence-electron chi connectivity index (χ4n) is 2.54. The second-order valence-corrected chi connectivity index (χ2v) is 6.99. The van der Waals surface area contributed by atoms with E-state index in [1.807, 2.05) is 38.3 Å². The summed E-state index contributed by atoms with van der Waals surface area (Å²) in [5.74, 6) is 0.977. The van der Waals surface area contributed by atoms with Crippen LogP contribution in [-0.4, -0.2) is 10.2 Å². The number of nitrogens with zero attached hydrogens (tertiary/aromatic N) is 2. The van der Waals surface area contributed by atoms with E-state index in [4.69, 9.17) is 10.5 Å². The Hall–Kier alpha value is -2.26. The van der Waals surface area contributed by atoms with Crippen LogP contribution in [0.3, 0.4) is 0 Å². The third-order valence-electron chi connectivity index (χ3n) is 3.45. The molecule has 5 nitrogen and oxygen atoms in total. The van der Waals surface area contributed by atoms with Crippen LogP contribution in [0, 0.1) is 16.7 Å². The van der Waals surface area contributed by atoms with Gasteiger partial charge in [0.1, 0.15) is 17.5 Å². The van der Waals surface area contributed by atoms with Crippen LogP contribution in [0.25, 0.3) is 0 Å². The van der Waals surface area contributed by atoms with Gasteiger partial charge in [-0.15, -0.1) is 16.4 Å². The number of H-pyrrole nitrogens is 1. The molecule has 1 aliphatic rings. The van der Waals surface area contributed by atoms with E-state index in [0.717, 1.165) is 10.4 Å². The van der Waals surface area contributed by atoms with Crippen molar-refractivity contribution >= 4 is 11.3 Å². The summed E-state index contributed by atoms with van der Waals surface area (Å²) in [6, 6.07) is 6.13. The predicted octanol–water partition coefficient (Wildman–Crippen LogP) is 3.08. The van der Waals surface area contributed by atoms with Crippen molar-refractivity contribution < 1.29 is 4.74 Å². The molecule has 1 unspecified atom stereocenters. The Kier molecular flexibility index (Phi) is 3.03. The standard InChI is InChI=1S/C15H16N4OS/c1-15(2,3)13-12(17)11(9-5-4-6-21-9)10-8(7-16)18-19-14(10)20-13/h4-6,11H,17H2,1-3H3,(H,18,19). The van der Waals surface area contributed by atoms with E-state index in [1.165, 1.54) is 0 Å². The van der Waals surface area contributed by atoms with Gasteiger partial charge >= 0.3 is 0 Å². The smallest absolute Gasteiger partial charge is 0.243 e. The third-order valence-corrected chi connectivity index (χ3v) is 4.39. The summed E-state index contributed by atoms with van der Waals surface area (Å²) in [6.45, 7) is 6.14. The molecule has 2 aromatic rings. The predicted molar refractivity (Wildman–Crippen MR) is 80.8 cm³/mol. The van der Waals surface area contributed by atoms with Gasteiger partial charge in [-0.3, -0.25) is 5.10 Å². The van der Waals surface area contributed by atoms with Crippen LogP contribution in [0.15, 0.2) is 29.0 Å². The molecule has 0 saturated carbocycles. The zero-order chi connectivity index (χ0) is 15.2. The highest BCUT2D eigenvalue weighted by molar-refractivity contribution is 7.10. The van der Waals surface area contributed by atoms with Crippen molar-refractivity contribution in [2.45, 2.75) is 26.7 Å². The first-order valence-corrected chi connectivity index (χ1v) is 7.51. The maximum absolute atomic E-state index is 9.28. The van der Waals surface area contributed by atoms with Gasteiger partial charge in [0.15, 0.2) is 0 Å². The number of nitrogens with one attached hydrogen (secondary N) is 1. The molecule has 108 valence electrons. The van der Waals surface area contributed by atoms with Crippen LogP contribution < -0.4 is 10.5 Å². The molecule has 3 rings (SSSR count). The lowest BCUT2D eigenvalue weighted by Gasteiger charge is -2.31. The molecule has 1 aliphatic heterocycles. The third kappa shape index (κ3) is 2.10. The van der Waals surface area contributed by atoms with E-state index in [1.54, 1.807) is 11.3 Å². The molecular formula is C15H16N4OS. The van der Waals surface area contributed by atoms with E-state index in [-0.39, 0.29) is 11.3 Å². The van der Waals surface area contributed by atoms with Gasteiger partial charge in [-0.1, -0.05) is 26.8 Å². The van der Waals surface area contributed by atoms with Crippen LogP contribution in [0.4, 0.5) is 0 Å². The number of hydrogen-bond donors (Lipinski definition) is 2. The molecule has 3 heterocycles. The summed E-state index contributed by atoms with van der Waals surface area (Å²) in [5, 5.41) is 18.1. The summed E-state index contributed by atoms with van der Waals surface area (Å²) in [6.07, 6.45) is 0. The van der Waals surface area contributed by atoms with Crippen molar-refractivity contribution in [1.82, 2.24) is 10.2 Å². The highest BCUT2D eigenvalue weighted by Crippen LogP contribution is 2.46. The van der Waals surface area contributed by atoms with Gasteiger partial charge in [-0.05, 0) is 11.4 Å². The largest absolute Gasteiger partial charge is 0.439 e. The molecule has 0 aliphatic carbocycles. The van der Waals surface area contributed by atoms with Gasteiger partial charge in [0.2, 0.25) is 5.88 Å². The average Bonchev–Trinajstić information content (AvgIpc) is 3.05. The topological polar surface area (TPSA) is 87.7 Å². The Morgan fingerprint density at radius 2 is 2.24 bits per heavy atom. The number of fused-ring (bicyclic) bond motifs is 1. The van der Waals surface area contributed by atoms with Crippen molar-refractivity contribution in [1.29, 1.82) is 5.26 Å². The number of nitriles is 1. The maximum Gasteiger partial charge on any atom is 0.243 e. The number of rotatable bonds is 1. The zero-order valence-corrected chi connectivity index (χ0v) is 12.9. The molecule has 0 radical (unpaired) electrons. The maximum atomic E-state index is 9.28. The number of allylic oxidation sites excluding steroid dienone is 2. The van der Waals surface area contributed by atoms with Gasteiger partial charge in [-0.2, -0.15) is 5.26 Å². The van der Waals surface area contributed by atoms with E-state index < -0.39 is 0 Å². The summed E-state index contributed by atoms with van der Waals surface area (Å²) in [4.78, 5) is 1.08. The molecule has 2 aromatic heterocycles. The Labute approximate surface area is 127 Å². The minimum Gasteiger partial charge on any atom is -0.439 e. The Morgan fingerprint density at radius 1 is 1.48 bits per heavy atom. The first-order chi connectivity index (χ1) is 9.93.